The van der Waals surface area contributed by atoms with Crippen molar-refractivity contribution in [3.63, 3.8) is 0 Å². The van der Waals surface area contributed by atoms with Gasteiger partial charge in [0.2, 0.25) is 0 Å². The zero-order valence-corrected chi connectivity index (χ0v) is 20.7. The van der Waals surface area contributed by atoms with Crippen molar-refractivity contribution in [3.8, 4) is 0 Å². The first-order valence-electron chi connectivity index (χ1n) is 12.2. The van der Waals surface area contributed by atoms with Crippen LogP contribution in [-0.4, -0.2) is 55.3 Å². The van der Waals surface area contributed by atoms with Crippen molar-refractivity contribution >= 4 is 0 Å². The normalized spacial score (nSPS) is 19.8. The molecule has 2 aromatic rings. The average Bonchev–Trinajstić information content (AvgIpc) is 3.28. The summed E-state index contributed by atoms with van der Waals surface area (Å²) in [5.74, 6) is 1.91. The minimum atomic E-state index is 0.181. The summed E-state index contributed by atoms with van der Waals surface area (Å²) < 4.78 is 4.56. The molecule has 0 N–H and O–H groups in total. The van der Waals surface area contributed by atoms with Crippen molar-refractivity contribution in [3.05, 3.63) is 35.2 Å². The monoisotopic (exact) mass is 426 g/mol. The molecule has 2 aliphatic heterocycles. The van der Waals surface area contributed by atoms with Crippen LogP contribution in [0, 0.1) is 12.8 Å². The Bertz CT molecular complexity index is 882. The molecule has 1 saturated heterocycles. The van der Waals surface area contributed by atoms with Gasteiger partial charge in [-0.2, -0.15) is 5.10 Å². The van der Waals surface area contributed by atoms with Crippen LogP contribution < -0.4 is 0 Å². The molecule has 172 valence electrons. The van der Waals surface area contributed by atoms with Gasteiger partial charge in [0.05, 0.1) is 17.6 Å². The van der Waals surface area contributed by atoms with E-state index < -0.39 is 0 Å². The molecular formula is C25H42N6. The molecule has 2 aromatic heterocycles. The lowest BCUT2D eigenvalue weighted by Crippen LogP contribution is -2.52. The van der Waals surface area contributed by atoms with E-state index in [1.807, 2.05) is 0 Å². The van der Waals surface area contributed by atoms with Crippen molar-refractivity contribution in [1.29, 1.82) is 0 Å². The Kier molecular flexibility index (Phi) is 6.32. The molecule has 0 bridgehead atoms. The number of nitrogens with zero attached hydrogens (tertiary/aromatic N) is 6. The van der Waals surface area contributed by atoms with E-state index >= 15 is 0 Å². The molecule has 0 unspecified atom stereocenters. The average molecular weight is 427 g/mol. The minimum absolute atomic E-state index is 0.181. The lowest BCUT2D eigenvalue weighted by molar-refractivity contribution is 0.0840. The van der Waals surface area contributed by atoms with Crippen LogP contribution in [0.1, 0.15) is 89.2 Å². The molecule has 0 radical (unpaired) electrons. The van der Waals surface area contributed by atoms with E-state index in [0.29, 0.717) is 12.1 Å². The Balaban J connectivity index is 1.62. The SMILES string of the molecule is Cc1nc2c(n1C(C)C)CN(Cc1cnn(C(C)C)c1)CC21CCN(CC(C)C)CC1. The third kappa shape index (κ3) is 4.47. The molecule has 0 amide bonds. The van der Waals surface area contributed by atoms with E-state index in [4.69, 9.17) is 4.98 Å². The molecule has 0 aromatic carbocycles. The van der Waals surface area contributed by atoms with Crippen molar-refractivity contribution in [2.45, 2.75) is 91.9 Å². The largest absolute Gasteiger partial charge is 0.328 e. The van der Waals surface area contributed by atoms with Crippen LogP contribution in [0.3, 0.4) is 0 Å². The van der Waals surface area contributed by atoms with E-state index in [-0.39, 0.29) is 5.41 Å². The number of hydrogen-bond donors (Lipinski definition) is 0. The van der Waals surface area contributed by atoms with Crippen LogP contribution in [0.15, 0.2) is 12.4 Å². The van der Waals surface area contributed by atoms with Gasteiger partial charge in [0.15, 0.2) is 0 Å². The minimum Gasteiger partial charge on any atom is -0.328 e. The molecule has 0 aliphatic carbocycles. The van der Waals surface area contributed by atoms with Gasteiger partial charge in [0.25, 0.3) is 0 Å². The maximum atomic E-state index is 5.21. The quantitative estimate of drug-likeness (QED) is 0.679. The van der Waals surface area contributed by atoms with Gasteiger partial charge in [-0.05, 0) is 66.5 Å². The van der Waals surface area contributed by atoms with Crippen LogP contribution >= 0.6 is 0 Å². The summed E-state index contributed by atoms with van der Waals surface area (Å²) in [5.41, 5.74) is 4.35. The summed E-state index contributed by atoms with van der Waals surface area (Å²) in [4.78, 5) is 10.5. The molecular weight excluding hydrogens is 384 g/mol. The third-order valence-corrected chi connectivity index (χ3v) is 7.13. The first kappa shape index (κ1) is 22.5. The number of imidazole rings is 1. The molecule has 0 saturated carbocycles. The Hall–Kier alpha value is -1.66. The van der Waals surface area contributed by atoms with Crippen molar-refractivity contribution in [2.75, 3.05) is 26.2 Å². The second kappa shape index (κ2) is 8.70. The molecule has 1 spiro atoms. The molecule has 2 aliphatic rings. The predicted octanol–water partition coefficient (Wildman–Crippen LogP) is 4.56. The van der Waals surface area contributed by atoms with Crippen molar-refractivity contribution in [2.24, 2.45) is 5.92 Å². The van der Waals surface area contributed by atoms with Gasteiger partial charge in [-0.15, -0.1) is 0 Å². The highest BCUT2D eigenvalue weighted by Crippen LogP contribution is 2.42. The Morgan fingerprint density at radius 1 is 1.00 bits per heavy atom. The Labute approximate surface area is 188 Å². The molecule has 4 heterocycles. The second-order valence-corrected chi connectivity index (χ2v) is 11.0. The summed E-state index contributed by atoms with van der Waals surface area (Å²) in [5, 5.41) is 4.58. The van der Waals surface area contributed by atoms with E-state index in [1.54, 1.807) is 0 Å². The molecule has 0 atom stereocenters. The summed E-state index contributed by atoms with van der Waals surface area (Å²) in [6, 6.07) is 0.848. The highest BCUT2D eigenvalue weighted by atomic mass is 15.3. The van der Waals surface area contributed by atoms with Crippen LogP contribution in [0.2, 0.25) is 0 Å². The van der Waals surface area contributed by atoms with E-state index in [2.05, 4.69) is 85.0 Å². The fourth-order valence-electron chi connectivity index (χ4n) is 5.81. The number of aromatic nitrogens is 4. The fraction of sp³-hybridized carbons (Fsp3) is 0.760. The maximum absolute atomic E-state index is 5.21. The van der Waals surface area contributed by atoms with Gasteiger partial charge in [0.1, 0.15) is 5.82 Å². The summed E-state index contributed by atoms with van der Waals surface area (Å²) in [6.45, 7) is 22.4. The Morgan fingerprint density at radius 2 is 1.71 bits per heavy atom. The van der Waals surface area contributed by atoms with Gasteiger partial charge in [-0.25, -0.2) is 4.98 Å². The standard InChI is InChI=1S/C25H42N6/c1-18(2)13-28-10-8-25(9-11-28)17-29(14-22-12-26-30(15-22)19(3)4)16-23-24(25)27-21(7)31(23)20(5)6/h12,15,18-20H,8-11,13-14,16-17H2,1-7H3. The number of rotatable bonds is 6. The number of fused-ring (bicyclic) bond motifs is 2. The zero-order valence-electron chi connectivity index (χ0n) is 20.7. The first-order chi connectivity index (χ1) is 14.7. The predicted molar refractivity (Wildman–Crippen MR) is 126 cm³/mol. The lowest BCUT2D eigenvalue weighted by Gasteiger charge is -2.47. The highest BCUT2D eigenvalue weighted by Gasteiger charge is 2.45. The highest BCUT2D eigenvalue weighted by molar-refractivity contribution is 5.31. The number of likely N-dealkylation sites (tertiary alicyclic amines) is 1. The molecule has 6 heteroatoms. The fourth-order valence-corrected chi connectivity index (χ4v) is 5.81. The van der Waals surface area contributed by atoms with Crippen LogP contribution in [0.5, 0.6) is 0 Å². The molecule has 6 nitrogen and oxygen atoms in total. The van der Waals surface area contributed by atoms with Gasteiger partial charge < -0.3 is 9.47 Å². The first-order valence-corrected chi connectivity index (χ1v) is 12.2. The zero-order chi connectivity index (χ0) is 22.3. The van der Waals surface area contributed by atoms with Gasteiger partial charge in [0, 0.05) is 55.4 Å². The molecule has 4 rings (SSSR count). The van der Waals surface area contributed by atoms with E-state index in [0.717, 1.165) is 25.6 Å². The third-order valence-electron chi connectivity index (χ3n) is 7.13. The van der Waals surface area contributed by atoms with Crippen LogP contribution in [0.4, 0.5) is 0 Å². The summed E-state index contributed by atoms with van der Waals surface area (Å²) >= 11 is 0. The van der Waals surface area contributed by atoms with E-state index in [9.17, 15) is 0 Å². The van der Waals surface area contributed by atoms with Crippen LogP contribution in [-0.2, 0) is 18.5 Å². The molecule has 31 heavy (non-hydrogen) atoms. The maximum Gasteiger partial charge on any atom is 0.106 e. The van der Waals surface area contributed by atoms with Crippen molar-refractivity contribution in [1.82, 2.24) is 29.1 Å². The summed E-state index contributed by atoms with van der Waals surface area (Å²) in [7, 11) is 0. The van der Waals surface area contributed by atoms with Gasteiger partial charge in [-0.1, -0.05) is 13.8 Å². The number of aryl methyl sites for hydroxylation is 1. The van der Waals surface area contributed by atoms with Crippen molar-refractivity contribution < 1.29 is 0 Å². The topological polar surface area (TPSA) is 42.1 Å². The van der Waals surface area contributed by atoms with Gasteiger partial charge in [-0.3, -0.25) is 9.58 Å². The lowest BCUT2D eigenvalue weighted by atomic mass is 9.72. The second-order valence-electron chi connectivity index (χ2n) is 11.0. The number of hydrogen-bond acceptors (Lipinski definition) is 4. The smallest absolute Gasteiger partial charge is 0.106 e. The number of piperidine rings is 1. The Morgan fingerprint density at radius 3 is 2.29 bits per heavy atom. The summed E-state index contributed by atoms with van der Waals surface area (Å²) in [6.07, 6.45) is 6.70. The van der Waals surface area contributed by atoms with E-state index in [1.165, 1.54) is 55.3 Å². The van der Waals surface area contributed by atoms with Crippen LogP contribution in [0.25, 0.3) is 0 Å². The van der Waals surface area contributed by atoms with Gasteiger partial charge >= 0.3 is 0 Å². The molecule has 1 fully saturated rings.